The fourth-order valence-electron chi connectivity index (χ4n) is 2.68. The Labute approximate surface area is 138 Å². The van der Waals surface area contributed by atoms with E-state index in [-0.39, 0.29) is 6.04 Å². The summed E-state index contributed by atoms with van der Waals surface area (Å²) in [5.41, 5.74) is 9.87. The summed E-state index contributed by atoms with van der Waals surface area (Å²) >= 11 is 2.34. The minimum Gasteiger partial charge on any atom is -0.324 e. The minimum absolute atomic E-state index is 0.0262. The second-order valence-corrected chi connectivity index (χ2v) is 6.27. The predicted octanol–water partition coefficient (Wildman–Crippen LogP) is 3.90. The molecule has 0 aliphatic heterocycles. The molecule has 0 amide bonds. The van der Waals surface area contributed by atoms with Gasteiger partial charge in [-0.15, -0.1) is 0 Å². The van der Waals surface area contributed by atoms with E-state index in [0.717, 1.165) is 18.7 Å². The standard InChI is InChI=1S/C17H18IN3/c1-2-21-17-10-6-4-8-13(17)16(20-21)11-15(19)12-7-3-5-9-14(12)18/h3-10,15H,2,11,19H2,1H3. The maximum Gasteiger partial charge on any atom is 0.0722 e. The number of hydrogen-bond donors (Lipinski definition) is 1. The summed E-state index contributed by atoms with van der Waals surface area (Å²) < 4.78 is 3.26. The molecule has 108 valence electrons. The first-order valence-electron chi connectivity index (χ1n) is 7.15. The molecule has 0 spiro atoms. The van der Waals surface area contributed by atoms with Gasteiger partial charge in [0.2, 0.25) is 0 Å². The molecular formula is C17H18IN3. The Balaban J connectivity index is 1.97. The van der Waals surface area contributed by atoms with E-state index in [2.05, 4.69) is 65.9 Å². The lowest BCUT2D eigenvalue weighted by Crippen LogP contribution is -2.15. The minimum atomic E-state index is -0.0262. The van der Waals surface area contributed by atoms with Crippen molar-refractivity contribution in [2.24, 2.45) is 5.73 Å². The van der Waals surface area contributed by atoms with Crippen molar-refractivity contribution in [3.8, 4) is 0 Å². The number of nitrogens with two attached hydrogens (primary N) is 1. The summed E-state index contributed by atoms with van der Waals surface area (Å²) in [6, 6.07) is 16.6. The van der Waals surface area contributed by atoms with Crippen LogP contribution in [0, 0.1) is 3.57 Å². The lowest BCUT2D eigenvalue weighted by Gasteiger charge is -2.12. The number of nitrogens with zero attached hydrogens (tertiary/aromatic N) is 2. The van der Waals surface area contributed by atoms with Gasteiger partial charge in [0.1, 0.15) is 0 Å². The van der Waals surface area contributed by atoms with Crippen molar-refractivity contribution < 1.29 is 0 Å². The van der Waals surface area contributed by atoms with Crippen LogP contribution < -0.4 is 5.73 Å². The number of fused-ring (bicyclic) bond motifs is 1. The van der Waals surface area contributed by atoms with Crippen LogP contribution in [0.5, 0.6) is 0 Å². The maximum absolute atomic E-state index is 6.42. The van der Waals surface area contributed by atoms with E-state index in [9.17, 15) is 0 Å². The molecule has 1 aromatic heterocycles. The van der Waals surface area contributed by atoms with Crippen molar-refractivity contribution in [3.05, 3.63) is 63.4 Å². The summed E-state index contributed by atoms with van der Waals surface area (Å²) in [5, 5.41) is 5.95. The van der Waals surface area contributed by atoms with Crippen molar-refractivity contribution in [2.75, 3.05) is 0 Å². The molecule has 3 nitrogen and oxygen atoms in total. The summed E-state index contributed by atoms with van der Waals surface area (Å²) in [4.78, 5) is 0. The van der Waals surface area contributed by atoms with Gasteiger partial charge in [-0.1, -0.05) is 36.4 Å². The van der Waals surface area contributed by atoms with E-state index < -0.39 is 0 Å². The van der Waals surface area contributed by atoms with Crippen molar-refractivity contribution in [1.82, 2.24) is 9.78 Å². The monoisotopic (exact) mass is 391 g/mol. The topological polar surface area (TPSA) is 43.8 Å². The van der Waals surface area contributed by atoms with E-state index in [4.69, 9.17) is 10.8 Å². The maximum atomic E-state index is 6.42. The molecular weight excluding hydrogens is 373 g/mol. The molecule has 0 aliphatic carbocycles. The largest absolute Gasteiger partial charge is 0.324 e. The Kier molecular flexibility index (Phi) is 4.26. The van der Waals surface area contributed by atoms with Crippen LogP contribution in [-0.4, -0.2) is 9.78 Å². The first-order chi connectivity index (χ1) is 10.2. The number of aryl methyl sites for hydroxylation is 1. The number of para-hydroxylation sites is 1. The number of rotatable bonds is 4. The first kappa shape index (κ1) is 14.5. The molecule has 21 heavy (non-hydrogen) atoms. The summed E-state index contributed by atoms with van der Waals surface area (Å²) in [6.45, 7) is 2.99. The molecule has 2 aromatic carbocycles. The smallest absolute Gasteiger partial charge is 0.0722 e. The molecule has 3 rings (SSSR count). The number of benzene rings is 2. The third kappa shape index (κ3) is 2.82. The van der Waals surface area contributed by atoms with Gasteiger partial charge in [0.25, 0.3) is 0 Å². The van der Waals surface area contributed by atoms with Crippen molar-refractivity contribution in [3.63, 3.8) is 0 Å². The third-order valence-corrected chi connectivity index (χ3v) is 4.73. The van der Waals surface area contributed by atoms with E-state index in [1.807, 2.05) is 16.8 Å². The van der Waals surface area contributed by atoms with Crippen LogP contribution >= 0.6 is 22.6 Å². The Morgan fingerprint density at radius 3 is 2.62 bits per heavy atom. The Morgan fingerprint density at radius 1 is 1.14 bits per heavy atom. The van der Waals surface area contributed by atoms with Gasteiger partial charge in [-0.25, -0.2) is 0 Å². The number of aromatic nitrogens is 2. The average molecular weight is 391 g/mol. The average Bonchev–Trinajstić information content (AvgIpc) is 2.86. The zero-order chi connectivity index (χ0) is 14.8. The molecule has 0 saturated heterocycles. The van der Waals surface area contributed by atoms with Gasteiger partial charge in [-0.3, -0.25) is 4.68 Å². The van der Waals surface area contributed by atoms with Gasteiger partial charge >= 0.3 is 0 Å². The summed E-state index contributed by atoms with van der Waals surface area (Å²) in [7, 11) is 0. The SMILES string of the molecule is CCn1nc(CC(N)c2ccccc2I)c2ccccc21. The second-order valence-electron chi connectivity index (χ2n) is 5.11. The van der Waals surface area contributed by atoms with E-state index >= 15 is 0 Å². The zero-order valence-corrected chi connectivity index (χ0v) is 14.1. The first-order valence-corrected chi connectivity index (χ1v) is 8.23. The van der Waals surface area contributed by atoms with Crippen molar-refractivity contribution in [2.45, 2.75) is 25.9 Å². The quantitative estimate of drug-likeness (QED) is 0.686. The van der Waals surface area contributed by atoms with Crippen LogP contribution in [0.2, 0.25) is 0 Å². The van der Waals surface area contributed by atoms with E-state index in [0.29, 0.717) is 0 Å². The van der Waals surface area contributed by atoms with Crippen LogP contribution in [-0.2, 0) is 13.0 Å². The lowest BCUT2D eigenvalue weighted by molar-refractivity contribution is 0.640. The van der Waals surface area contributed by atoms with Crippen molar-refractivity contribution >= 4 is 33.5 Å². The highest BCUT2D eigenvalue weighted by atomic mass is 127. The summed E-state index contributed by atoms with van der Waals surface area (Å²) in [6.07, 6.45) is 0.757. The normalized spacial score (nSPS) is 12.7. The Hall–Kier alpha value is -1.40. The fourth-order valence-corrected chi connectivity index (χ4v) is 3.47. The van der Waals surface area contributed by atoms with E-state index in [1.54, 1.807) is 0 Å². The van der Waals surface area contributed by atoms with Gasteiger partial charge in [0.15, 0.2) is 0 Å². The zero-order valence-electron chi connectivity index (χ0n) is 12.0. The molecule has 0 saturated carbocycles. The second kappa shape index (κ2) is 6.15. The van der Waals surface area contributed by atoms with Crippen LogP contribution in [0.25, 0.3) is 10.9 Å². The summed E-state index contributed by atoms with van der Waals surface area (Å²) in [5.74, 6) is 0. The Bertz CT molecular complexity index is 764. The number of hydrogen-bond acceptors (Lipinski definition) is 2. The number of halogens is 1. The molecule has 0 fully saturated rings. The van der Waals surface area contributed by atoms with Gasteiger partial charge in [-0.05, 0) is 47.2 Å². The third-order valence-electron chi connectivity index (χ3n) is 3.75. The molecule has 1 atom stereocenters. The Morgan fingerprint density at radius 2 is 1.86 bits per heavy atom. The molecule has 1 heterocycles. The van der Waals surface area contributed by atoms with Crippen LogP contribution in [0.15, 0.2) is 48.5 Å². The van der Waals surface area contributed by atoms with Crippen LogP contribution in [0.4, 0.5) is 0 Å². The molecule has 1 unspecified atom stereocenters. The molecule has 4 heteroatoms. The fraction of sp³-hybridized carbons (Fsp3) is 0.235. The predicted molar refractivity (Wildman–Crippen MR) is 95.2 cm³/mol. The lowest BCUT2D eigenvalue weighted by atomic mass is 10.0. The van der Waals surface area contributed by atoms with Gasteiger partial charge in [-0.2, -0.15) is 5.10 Å². The highest BCUT2D eigenvalue weighted by molar-refractivity contribution is 14.1. The highest BCUT2D eigenvalue weighted by Gasteiger charge is 2.15. The van der Waals surface area contributed by atoms with Crippen molar-refractivity contribution in [1.29, 1.82) is 0 Å². The molecule has 0 bridgehead atoms. The molecule has 3 aromatic rings. The highest BCUT2D eigenvalue weighted by Crippen LogP contribution is 2.25. The van der Waals surface area contributed by atoms with Gasteiger partial charge < -0.3 is 5.73 Å². The molecule has 0 aliphatic rings. The van der Waals surface area contributed by atoms with Crippen LogP contribution in [0.1, 0.15) is 24.2 Å². The molecule has 2 N–H and O–H groups in total. The van der Waals surface area contributed by atoms with E-state index in [1.165, 1.54) is 20.0 Å². The van der Waals surface area contributed by atoms with Crippen LogP contribution in [0.3, 0.4) is 0 Å². The molecule has 0 radical (unpaired) electrons. The van der Waals surface area contributed by atoms with Gasteiger partial charge in [0.05, 0.1) is 11.2 Å². The van der Waals surface area contributed by atoms with Gasteiger partial charge in [0, 0.05) is 28.0 Å².